The lowest BCUT2D eigenvalue weighted by atomic mass is 9.90. The van der Waals surface area contributed by atoms with E-state index < -0.39 is 11.9 Å². The van der Waals surface area contributed by atoms with Gasteiger partial charge in [-0.2, -0.15) is 0 Å². The number of carbonyl (C=O) groups excluding carboxylic acids is 4. The van der Waals surface area contributed by atoms with E-state index in [-0.39, 0.29) is 24.1 Å². The molecule has 156 valence electrons. The third-order valence-corrected chi connectivity index (χ3v) is 6.04. The lowest BCUT2D eigenvalue weighted by Crippen LogP contribution is -2.52. The van der Waals surface area contributed by atoms with Gasteiger partial charge in [-0.05, 0) is 42.4 Å². The molecule has 1 unspecified atom stereocenters. The molecule has 1 saturated carbocycles. The van der Waals surface area contributed by atoms with Crippen LogP contribution < -0.4 is 10.6 Å². The lowest BCUT2D eigenvalue weighted by Gasteiger charge is -2.29. The molecule has 1 atom stereocenters. The molecule has 30 heavy (non-hydrogen) atoms. The number of imide groups is 1. The minimum absolute atomic E-state index is 0.201. The van der Waals surface area contributed by atoms with Crippen LogP contribution in [-0.2, 0) is 27.5 Å². The minimum atomic E-state index is -0.624. The Morgan fingerprint density at radius 3 is 2.70 bits per heavy atom. The van der Waals surface area contributed by atoms with E-state index in [0.717, 1.165) is 24.0 Å². The smallest absolute Gasteiger partial charge is 0.296 e. The average Bonchev–Trinajstić information content (AvgIpc) is 3.07. The Kier molecular flexibility index (Phi) is 5.84. The molecule has 7 heteroatoms. The maximum Gasteiger partial charge on any atom is 0.296 e. The van der Waals surface area contributed by atoms with Crippen molar-refractivity contribution in [2.75, 3.05) is 0 Å². The van der Waals surface area contributed by atoms with Gasteiger partial charge in [0.15, 0.2) is 0 Å². The van der Waals surface area contributed by atoms with Crippen LogP contribution in [0, 0.1) is 17.8 Å². The second-order valence-electron chi connectivity index (χ2n) is 8.18. The molecule has 1 aromatic carbocycles. The van der Waals surface area contributed by atoms with E-state index in [1.54, 1.807) is 12.1 Å². The fourth-order valence-corrected chi connectivity index (χ4v) is 4.38. The fraction of sp³-hybridized carbons (Fsp3) is 0.478. The Morgan fingerprint density at radius 1 is 1.13 bits per heavy atom. The van der Waals surface area contributed by atoms with Crippen LogP contribution >= 0.6 is 0 Å². The molecular formula is C23H25N3O4. The summed E-state index contributed by atoms with van der Waals surface area (Å²) in [4.78, 5) is 49.8. The third kappa shape index (κ3) is 4.38. The molecule has 7 nitrogen and oxygen atoms in total. The Hall–Kier alpha value is -3.14. The number of rotatable bonds is 3. The molecule has 2 N–H and O–H groups in total. The second-order valence-corrected chi connectivity index (χ2v) is 8.18. The number of hydrogen-bond donors (Lipinski definition) is 2. The molecule has 1 aliphatic carbocycles. The van der Waals surface area contributed by atoms with E-state index in [4.69, 9.17) is 0 Å². The van der Waals surface area contributed by atoms with Gasteiger partial charge < -0.3 is 10.2 Å². The molecular weight excluding hydrogens is 382 g/mol. The molecule has 2 fully saturated rings. The molecule has 1 aromatic rings. The van der Waals surface area contributed by atoms with Crippen LogP contribution in [-0.4, -0.2) is 34.6 Å². The van der Waals surface area contributed by atoms with E-state index in [2.05, 4.69) is 22.5 Å². The summed E-state index contributed by atoms with van der Waals surface area (Å²) in [7, 11) is 0. The number of fused-ring (bicyclic) bond motifs is 1. The summed E-state index contributed by atoms with van der Waals surface area (Å²) < 4.78 is 0. The first kappa shape index (κ1) is 20.1. The zero-order chi connectivity index (χ0) is 21.1. The lowest BCUT2D eigenvalue weighted by molar-refractivity contribution is -0.137. The van der Waals surface area contributed by atoms with Gasteiger partial charge in [-0.3, -0.25) is 24.5 Å². The number of hydrogen-bond acceptors (Lipinski definition) is 4. The summed E-state index contributed by atoms with van der Waals surface area (Å²) in [5.74, 6) is 4.90. The van der Waals surface area contributed by atoms with Crippen LogP contribution in [0.2, 0.25) is 0 Å². The molecule has 0 spiro atoms. The van der Waals surface area contributed by atoms with Gasteiger partial charge in [-0.25, -0.2) is 0 Å². The molecule has 0 bridgehead atoms. The third-order valence-electron chi connectivity index (χ3n) is 6.04. The standard InChI is InChI=1S/C23H25N3O4/c27-20(10-7-15-4-2-1-3-5-15)24-13-16-6-8-18-17(12-16)14-26(23(18)30)19-9-11-21(28)25-22(19)29/h6,8,12,15,19H,1-5,9,11,13-14H2,(H,24,27)(H,25,28,29). The highest BCUT2D eigenvalue weighted by Crippen LogP contribution is 2.28. The van der Waals surface area contributed by atoms with E-state index in [9.17, 15) is 19.2 Å². The SMILES string of the molecule is O=C(C#CC1CCCCC1)NCc1ccc2c(c1)CN(C1CCC(=O)NC1=O)C2=O. The van der Waals surface area contributed by atoms with Crippen molar-refractivity contribution in [2.24, 2.45) is 5.92 Å². The first-order valence-electron chi connectivity index (χ1n) is 10.6. The number of amides is 4. The molecule has 2 aliphatic heterocycles. The highest BCUT2D eigenvalue weighted by molar-refractivity contribution is 6.05. The summed E-state index contributed by atoms with van der Waals surface area (Å²) in [6.45, 7) is 0.655. The van der Waals surface area contributed by atoms with E-state index >= 15 is 0 Å². The van der Waals surface area contributed by atoms with E-state index in [0.29, 0.717) is 31.0 Å². The molecule has 0 radical (unpaired) electrons. The number of carbonyl (C=O) groups is 4. The van der Waals surface area contributed by atoms with Gasteiger partial charge in [-0.1, -0.05) is 37.3 Å². The summed E-state index contributed by atoms with van der Waals surface area (Å²) >= 11 is 0. The number of nitrogens with zero attached hydrogens (tertiary/aromatic N) is 1. The van der Waals surface area contributed by atoms with Crippen molar-refractivity contribution in [1.82, 2.24) is 15.5 Å². The van der Waals surface area contributed by atoms with E-state index in [1.807, 2.05) is 6.07 Å². The molecule has 1 saturated heterocycles. The highest BCUT2D eigenvalue weighted by Gasteiger charge is 2.39. The average molecular weight is 407 g/mol. The van der Waals surface area contributed by atoms with Crippen molar-refractivity contribution in [2.45, 2.75) is 64.1 Å². The maximum absolute atomic E-state index is 12.7. The molecule has 4 amide bonds. The maximum atomic E-state index is 12.7. The Morgan fingerprint density at radius 2 is 1.93 bits per heavy atom. The van der Waals surface area contributed by atoms with Crippen LogP contribution in [0.1, 0.15) is 66.4 Å². The molecule has 0 aromatic heterocycles. The van der Waals surface area contributed by atoms with Gasteiger partial charge in [0.1, 0.15) is 6.04 Å². The first-order valence-corrected chi connectivity index (χ1v) is 10.6. The summed E-state index contributed by atoms with van der Waals surface area (Å²) in [6, 6.07) is 4.80. The van der Waals surface area contributed by atoms with E-state index in [1.165, 1.54) is 24.2 Å². The van der Waals surface area contributed by atoms with Crippen LogP contribution in [0.25, 0.3) is 0 Å². The number of nitrogens with one attached hydrogen (secondary N) is 2. The van der Waals surface area contributed by atoms with Crippen LogP contribution in [0.15, 0.2) is 18.2 Å². The first-order chi connectivity index (χ1) is 14.5. The highest BCUT2D eigenvalue weighted by atomic mass is 16.2. The fourth-order valence-electron chi connectivity index (χ4n) is 4.38. The summed E-state index contributed by atoms with van der Waals surface area (Å²) in [6.07, 6.45) is 6.34. The van der Waals surface area contributed by atoms with Gasteiger partial charge in [0, 0.05) is 31.0 Å². The van der Waals surface area contributed by atoms with Crippen molar-refractivity contribution >= 4 is 23.6 Å². The monoisotopic (exact) mass is 407 g/mol. The second kappa shape index (κ2) is 8.70. The molecule has 3 aliphatic rings. The van der Waals surface area contributed by atoms with Crippen LogP contribution in [0.4, 0.5) is 0 Å². The van der Waals surface area contributed by atoms with Gasteiger partial charge in [-0.15, -0.1) is 0 Å². The van der Waals surface area contributed by atoms with Crippen molar-refractivity contribution in [3.05, 3.63) is 34.9 Å². The van der Waals surface area contributed by atoms with Crippen molar-refractivity contribution < 1.29 is 19.2 Å². The van der Waals surface area contributed by atoms with Crippen molar-refractivity contribution in [1.29, 1.82) is 0 Å². The largest absolute Gasteiger partial charge is 0.341 e. The predicted molar refractivity (Wildman–Crippen MR) is 109 cm³/mol. The van der Waals surface area contributed by atoms with Gasteiger partial charge >= 0.3 is 0 Å². The normalized spacial score (nSPS) is 21.5. The predicted octanol–water partition coefficient (Wildman–Crippen LogP) is 1.65. The minimum Gasteiger partial charge on any atom is -0.341 e. The molecule has 2 heterocycles. The van der Waals surface area contributed by atoms with Crippen molar-refractivity contribution in [3.8, 4) is 11.8 Å². The van der Waals surface area contributed by atoms with Gasteiger partial charge in [0.2, 0.25) is 11.8 Å². The van der Waals surface area contributed by atoms with Crippen molar-refractivity contribution in [3.63, 3.8) is 0 Å². The summed E-state index contributed by atoms with van der Waals surface area (Å²) in [5.41, 5.74) is 2.26. The van der Waals surface area contributed by atoms with Gasteiger partial charge in [0.05, 0.1) is 0 Å². The zero-order valence-corrected chi connectivity index (χ0v) is 16.8. The van der Waals surface area contributed by atoms with Gasteiger partial charge in [0.25, 0.3) is 11.8 Å². The van der Waals surface area contributed by atoms with Crippen LogP contribution in [0.3, 0.4) is 0 Å². The van der Waals surface area contributed by atoms with Crippen LogP contribution in [0.5, 0.6) is 0 Å². The zero-order valence-electron chi connectivity index (χ0n) is 16.8. The number of benzene rings is 1. The quantitative estimate of drug-likeness (QED) is 0.588. The Bertz CT molecular complexity index is 953. The number of piperidine rings is 1. The summed E-state index contributed by atoms with van der Waals surface area (Å²) in [5, 5.41) is 5.12. The molecule has 4 rings (SSSR count). The topological polar surface area (TPSA) is 95.6 Å². The Labute approximate surface area is 175 Å². The Balaban J connectivity index is 1.36.